The second kappa shape index (κ2) is 5.02. The van der Waals surface area contributed by atoms with E-state index in [1.165, 1.54) is 51.4 Å². The standard InChI is InChI=1S/C13H26/c1-4-10-13(5-2)11-8-6-7-9-12(13)3/h12H,4-11H2,1-3H3. The Kier molecular flexibility index (Phi) is 4.28. The molecule has 0 bridgehead atoms. The fraction of sp³-hybridized carbons (Fsp3) is 1.00. The Morgan fingerprint density at radius 2 is 1.92 bits per heavy atom. The summed E-state index contributed by atoms with van der Waals surface area (Å²) in [6.45, 7) is 7.23. The quantitative estimate of drug-likeness (QED) is 0.551. The lowest BCUT2D eigenvalue weighted by Gasteiger charge is -2.37. The van der Waals surface area contributed by atoms with Crippen molar-refractivity contribution < 1.29 is 0 Å². The van der Waals surface area contributed by atoms with Crippen LogP contribution < -0.4 is 0 Å². The van der Waals surface area contributed by atoms with Crippen LogP contribution in [-0.4, -0.2) is 0 Å². The predicted molar refractivity (Wildman–Crippen MR) is 59.9 cm³/mol. The molecule has 0 aliphatic heterocycles. The summed E-state index contributed by atoms with van der Waals surface area (Å²) in [4.78, 5) is 0. The molecule has 78 valence electrons. The van der Waals surface area contributed by atoms with E-state index in [1.807, 2.05) is 0 Å². The van der Waals surface area contributed by atoms with Gasteiger partial charge in [0, 0.05) is 0 Å². The molecule has 1 fully saturated rings. The van der Waals surface area contributed by atoms with Crippen molar-refractivity contribution in [3.05, 3.63) is 0 Å². The van der Waals surface area contributed by atoms with Gasteiger partial charge < -0.3 is 0 Å². The van der Waals surface area contributed by atoms with Gasteiger partial charge in [-0.25, -0.2) is 0 Å². The molecule has 0 aromatic carbocycles. The van der Waals surface area contributed by atoms with Crippen molar-refractivity contribution in [2.45, 2.75) is 72.1 Å². The molecule has 0 heteroatoms. The van der Waals surface area contributed by atoms with Gasteiger partial charge in [0.05, 0.1) is 0 Å². The molecule has 0 radical (unpaired) electrons. The Labute approximate surface area is 84.1 Å². The monoisotopic (exact) mass is 182 g/mol. The molecule has 1 saturated carbocycles. The Balaban J connectivity index is 2.66. The van der Waals surface area contributed by atoms with Crippen LogP contribution in [0.5, 0.6) is 0 Å². The van der Waals surface area contributed by atoms with Gasteiger partial charge in [0.1, 0.15) is 0 Å². The first-order valence-corrected chi connectivity index (χ1v) is 6.25. The zero-order chi connectivity index (χ0) is 9.73. The van der Waals surface area contributed by atoms with Crippen molar-refractivity contribution in [1.82, 2.24) is 0 Å². The molecule has 0 N–H and O–H groups in total. The van der Waals surface area contributed by atoms with Crippen LogP contribution in [0.3, 0.4) is 0 Å². The lowest BCUT2D eigenvalue weighted by molar-refractivity contribution is 0.134. The lowest BCUT2D eigenvalue weighted by atomic mass is 9.68. The minimum atomic E-state index is 0.714. The maximum absolute atomic E-state index is 2.49. The van der Waals surface area contributed by atoms with Crippen molar-refractivity contribution in [3.8, 4) is 0 Å². The highest BCUT2D eigenvalue weighted by molar-refractivity contribution is 4.84. The molecule has 1 rings (SSSR count). The number of hydrogen-bond donors (Lipinski definition) is 0. The molecule has 0 saturated heterocycles. The summed E-state index contributed by atoms with van der Waals surface area (Å²) in [6.07, 6.45) is 11.7. The van der Waals surface area contributed by atoms with Gasteiger partial charge in [-0.1, -0.05) is 59.3 Å². The van der Waals surface area contributed by atoms with Gasteiger partial charge in [-0.2, -0.15) is 0 Å². The zero-order valence-electron chi connectivity index (χ0n) is 9.73. The maximum Gasteiger partial charge on any atom is -0.0275 e. The van der Waals surface area contributed by atoms with E-state index in [1.54, 1.807) is 0 Å². The molecule has 0 heterocycles. The highest BCUT2D eigenvalue weighted by atomic mass is 14.4. The van der Waals surface area contributed by atoms with Gasteiger partial charge in [-0.15, -0.1) is 0 Å². The van der Waals surface area contributed by atoms with E-state index in [-0.39, 0.29) is 0 Å². The van der Waals surface area contributed by atoms with Crippen molar-refractivity contribution >= 4 is 0 Å². The summed E-state index contributed by atoms with van der Waals surface area (Å²) in [5.41, 5.74) is 0.714. The third-order valence-corrected chi connectivity index (χ3v) is 4.31. The molecule has 2 unspecified atom stereocenters. The second-order valence-corrected chi connectivity index (χ2v) is 4.97. The molecule has 1 aliphatic carbocycles. The first-order valence-electron chi connectivity index (χ1n) is 6.25. The minimum Gasteiger partial charge on any atom is -0.0654 e. The molecular formula is C13H26. The number of hydrogen-bond acceptors (Lipinski definition) is 0. The van der Waals surface area contributed by atoms with E-state index >= 15 is 0 Å². The molecule has 0 aromatic heterocycles. The fourth-order valence-corrected chi connectivity index (χ4v) is 3.23. The van der Waals surface area contributed by atoms with Crippen LogP contribution in [0.15, 0.2) is 0 Å². The third-order valence-electron chi connectivity index (χ3n) is 4.31. The van der Waals surface area contributed by atoms with Crippen LogP contribution in [0, 0.1) is 11.3 Å². The van der Waals surface area contributed by atoms with E-state index < -0.39 is 0 Å². The van der Waals surface area contributed by atoms with Gasteiger partial charge in [-0.05, 0) is 24.2 Å². The summed E-state index contributed by atoms with van der Waals surface area (Å²) >= 11 is 0. The van der Waals surface area contributed by atoms with Gasteiger partial charge in [-0.3, -0.25) is 0 Å². The summed E-state index contributed by atoms with van der Waals surface area (Å²) in [5, 5.41) is 0. The first-order chi connectivity index (χ1) is 6.25. The van der Waals surface area contributed by atoms with Crippen molar-refractivity contribution in [3.63, 3.8) is 0 Å². The third kappa shape index (κ3) is 2.48. The van der Waals surface area contributed by atoms with Crippen LogP contribution in [0.1, 0.15) is 72.1 Å². The summed E-state index contributed by atoms with van der Waals surface area (Å²) < 4.78 is 0. The molecule has 0 nitrogen and oxygen atoms in total. The summed E-state index contributed by atoms with van der Waals surface area (Å²) in [6, 6.07) is 0. The molecule has 0 amide bonds. The first kappa shape index (κ1) is 11.1. The second-order valence-electron chi connectivity index (χ2n) is 4.97. The molecule has 0 aromatic rings. The summed E-state index contributed by atoms with van der Waals surface area (Å²) in [5.74, 6) is 0.972. The van der Waals surface area contributed by atoms with E-state index in [9.17, 15) is 0 Å². The largest absolute Gasteiger partial charge is 0.0654 e. The van der Waals surface area contributed by atoms with E-state index in [0.29, 0.717) is 5.41 Å². The van der Waals surface area contributed by atoms with Crippen molar-refractivity contribution in [1.29, 1.82) is 0 Å². The normalized spacial score (nSPS) is 35.8. The van der Waals surface area contributed by atoms with Crippen LogP contribution >= 0.6 is 0 Å². The van der Waals surface area contributed by atoms with Crippen molar-refractivity contribution in [2.75, 3.05) is 0 Å². The molecule has 1 aliphatic rings. The van der Waals surface area contributed by atoms with E-state index in [4.69, 9.17) is 0 Å². The van der Waals surface area contributed by atoms with Gasteiger partial charge in [0.2, 0.25) is 0 Å². The Morgan fingerprint density at radius 1 is 1.15 bits per heavy atom. The molecule has 2 atom stereocenters. The smallest absolute Gasteiger partial charge is 0.0275 e. The average molecular weight is 182 g/mol. The highest BCUT2D eigenvalue weighted by Gasteiger charge is 2.33. The SMILES string of the molecule is CCCC1(CC)CCCCCC1C. The Hall–Kier alpha value is 0. The molecule has 0 spiro atoms. The lowest BCUT2D eigenvalue weighted by Crippen LogP contribution is -2.27. The summed E-state index contributed by atoms with van der Waals surface area (Å²) in [7, 11) is 0. The van der Waals surface area contributed by atoms with Crippen LogP contribution in [-0.2, 0) is 0 Å². The molecule has 13 heavy (non-hydrogen) atoms. The maximum atomic E-state index is 2.49. The average Bonchev–Trinajstić information content (AvgIpc) is 2.31. The topological polar surface area (TPSA) is 0 Å². The van der Waals surface area contributed by atoms with Gasteiger partial charge >= 0.3 is 0 Å². The van der Waals surface area contributed by atoms with E-state index in [2.05, 4.69) is 20.8 Å². The van der Waals surface area contributed by atoms with E-state index in [0.717, 1.165) is 5.92 Å². The Bertz CT molecular complexity index is 139. The van der Waals surface area contributed by atoms with Gasteiger partial charge in [0.15, 0.2) is 0 Å². The van der Waals surface area contributed by atoms with Crippen LogP contribution in [0.4, 0.5) is 0 Å². The minimum absolute atomic E-state index is 0.714. The van der Waals surface area contributed by atoms with Crippen molar-refractivity contribution in [2.24, 2.45) is 11.3 Å². The van der Waals surface area contributed by atoms with Crippen LogP contribution in [0.25, 0.3) is 0 Å². The Morgan fingerprint density at radius 3 is 2.54 bits per heavy atom. The molecular weight excluding hydrogens is 156 g/mol. The zero-order valence-corrected chi connectivity index (χ0v) is 9.73. The van der Waals surface area contributed by atoms with Crippen LogP contribution in [0.2, 0.25) is 0 Å². The highest BCUT2D eigenvalue weighted by Crippen LogP contribution is 2.45. The number of rotatable bonds is 3. The predicted octanol–water partition coefficient (Wildman–Crippen LogP) is 4.78. The fourth-order valence-electron chi connectivity index (χ4n) is 3.23. The van der Waals surface area contributed by atoms with Gasteiger partial charge in [0.25, 0.3) is 0 Å².